The third-order valence-corrected chi connectivity index (χ3v) is 3.12. The average Bonchev–Trinajstić information content (AvgIpc) is 2.29. The summed E-state index contributed by atoms with van der Waals surface area (Å²) >= 11 is 0. The van der Waals surface area contributed by atoms with Crippen LogP contribution in [0.2, 0.25) is 0 Å². The number of benzene rings is 1. The van der Waals surface area contributed by atoms with E-state index in [0.29, 0.717) is 5.56 Å². The van der Waals surface area contributed by atoms with Crippen molar-refractivity contribution < 1.29 is 9.90 Å². The Kier molecular flexibility index (Phi) is 3.25. The van der Waals surface area contributed by atoms with Crippen molar-refractivity contribution in [2.45, 2.75) is 20.8 Å². The third-order valence-electron chi connectivity index (χ3n) is 3.12. The normalized spacial score (nSPS) is 10.5. The first-order chi connectivity index (χ1) is 8.90. The summed E-state index contributed by atoms with van der Waals surface area (Å²) in [5, 5.41) is 9.16. The molecule has 0 atom stereocenters. The maximum atomic E-state index is 11.4. The van der Waals surface area contributed by atoms with Gasteiger partial charge in [0.25, 0.3) is 0 Å². The van der Waals surface area contributed by atoms with Crippen molar-refractivity contribution in [3.05, 3.63) is 63.1 Å². The summed E-state index contributed by atoms with van der Waals surface area (Å²) in [6.45, 7) is 5.42. The van der Waals surface area contributed by atoms with E-state index in [-0.39, 0.29) is 11.0 Å². The number of aromatic nitrogens is 1. The first-order valence-electron chi connectivity index (χ1n) is 5.95. The number of pyridine rings is 1. The second kappa shape index (κ2) is 4.72. The average molecular weight is 257 g/mol. The van der Waals surface area contributed by atoms with E-state index in [4.69, 9.17) is 5.11 Å². The number of aryl methyl sites for hydroxylation is 3. The zero-order chi connectivity index (χ0) is 14.2. The number of hydrogen-bond acceptors (Lipinski definition) is 2. The fourth-order valence-electron chi connectivity index (χ4n) is 2.25. The van der Waals surface area contributed by atoms with E-state index in [9.17, 15) is 9.59 Å². The molecule has 98 valence electrons. The summed E-state index contributed by atoms with van der Waals surface area (Å²) in [6.07, 6.45) is 0. The fourth-order valence-corrected chi connectivity index (χ4v) is 2.25. The second-order valence-electron chi connectivity index (χ2n) is 4.61. The Morgan fingerprint density at radius 2 is 1.63 bits per heavy atom. The van der Waals surface area contributed by atoms with Crippen LogP contribution in [0.5, 0.6) is 0 Å². The number of carbonyl (C=O) groups is 1. The summed E-state index contributed by atoms with van der Waals surface area (Å²) in [7, 11) is 0. The molecule has 1 heterocycles. The highest BCUT2D eigenvalue weighted by molar-refractivity contribution is 5.90. The minimum Gasteiger partial charge on any atom is -0.478 e. The highest BCUT2D eigenvalue weighted by Gasteiger charge is 2.10. The summed E-state index contributed by atoms with van der Waals surface area (Å²) in [4.78, 5) is 22.6. The molecule has 4 heteroatoms. The lowest BCUT2D eigenvalue weighted by molar-refractivity contribution is 0.0696. The number of hydrogen-bond donors (Lipinski definition) is 1. The predicted octanol–water partition coefficient (Wildman–Crippen LogP) is 2.46. The summed E-state index contributed by atoms with van der Waals surface area (Å²) in [5.41, 5.74) is 3.26. The zero-order valence-electron chi connectivity index (χ0n) is 11.1. The van der Waals surface area contributed by atoms with Gasteiger partial charge in [0, 0.05) is 29.2 Å². The van der Waals surface area contributed by atoms with Gasteiger partial charge in [-0.05, 0) is 38.5 Å². The standard InChI is InChI=1S/C15H15NO3/c1-9-4-5-12(8-14(9)15(18)19)16-10(2)6-13(17)7-11(16)3/h4-8H,1-3H3,(H,18,19). The zero-order valence-corrected chi connectivity index (χ0v) is 11.1. The minimum absolute atomic E-state index is 0.0446. The van der Waals surface area contributed by atoms with E-state index < -0.39 is 5.97 Å². The van der Waals surface area contributed by atoms with Crippen LogP contribution in [0.3, 0.4) is 0 Å². The van der Waals surface area contributed by atoms with Gasteiger partial charge >= 0.3 is 5.97 Å². The van der Waals surface area contributed by atoms with Gasteiger partial charge in [0.15, 0.2) is 5.43 Å². The third kappa shape index (κ3) is 2.42. The highest BCUT2D eigenvalue weighted by atomic mass is 16.4. The van der Waals surface area contributed by atoms with Crippen LogP contribution in [-0.4, -0.2) is 15.6 Å². The molecule has 0 saturated heterocycles. The monoisotopic (exact) mass is 257 g/mol. The molecule has 0 fully saturated rings. The van der Waals surface area contributed by atoms with Crippen molar-refractivity contribution in [1.82, 2.24) is 4.57 Å². The SMILES string of the molecule is Cc1ccc(-n2c(C)cc(=O)cc2C)cc1C(=O)O. The lowest BCUT2D eigenvalue weighted by Gasteiger charge is -2.15. The quantitative estimate of drug-likeness (QED) is 0.899. The number of aromatic carboxylic acids is 1. The molecule has 0 aliphatic rings. The minimum atomic E-state index is -0.948. The van der Waals surface area contributed by atoms with Crippen LogP contribution in [-0.2, 0) is 0 Å². The first-order valence-corrected chi connectivity index (χ1v) is 5.95. The summed E-state index contributed by atoms with van der Waals surface area (Å²) in [6, 6.07) is 8.32. The van der Waals surface area contributed by atoms with Crippen molar-refractivity contribution in [1.29, 1.82) is 0 Å². The Hall–Kier alpha value is -2.36. The largest absolute Gasteiger partial charge is 0.478 e. The molecule has 1 aromatic heterocycles. The van der Waals surface area contributed by atoms with E-state index in [2.05, 4.69) is 0 Å². The van der Waals surface area contributed by atoms with E-state index in [1.54, 1.807) is 19.1 Å². The van der Waals surface area contributed by atoms with E-state index in [1.807, 2.05) is 24.5 Å². The summed E-state index contributed by atoms with van der Waals surface area (Å²) < 4.78 is 1.87. The van der Waals surface area contributed by atoms with E-state index in [1.165, 1.54) is 12.1 Å². The van der Waals surface area contributed by atoms with Gasteiger partial charge in [-0.15, -0.1) is 0 Å². The first kappa shape index (κ1) is 13.1. The predicted molar refractivity (Wildman–Crippen MR) is 73.2 cm³/mol. The molecular formula is C15H15NO3. The molecular weight excluding hydrogens is 242 g/mol. The van der Waals surface area contributed by atoms with Gasteiger partial charge < -0.3 is 9.67 Å². The highest BCUT2D eigenvalue weighted by Crippen LogP contribution is 2.18. The Balaban J connectivity index is 2.70. The van der Waals surface area contributed by atoms with Crippen LogP contribution in [0.25, 0.3) is 5.69 Å². The van der Waals surface area contributed by atoms with Gasteiger partial charge in [0.05, 0.1) is 5.56 Å². The number of carboxylic acids is 1. The molecule has 0 aliphatic heterocycles. The van der Waals surface area contributed by atoms with Gasteiger partial charge in [-0.25, -0.2) is 4.79 Å². The molecule has 0 amide bonds. The lowest BCUT2D eigenvalue weighted by Crippen LogP contribution is -2.12. The van der Waals surface area contributed by atoms with Gasteiger partial charge in [-0.2, -0.15) is 0 Å². The molecule has 1 aromatic carbocycles. The van der Waals surface area contributed by atoms with Crippen LogP contribution < -0.4 is 5.43 Å². The number of carboxylic acid groups (broad SMARTS) is 1. The van der Waals surface area contributed by atoms with Crippen molar-refractivity contribution in [2.75, 3.05) is 0 Å². The van der Waals surface area contributed by atoms with Crippen molar-refractivity contribution in [2.24, 2.45) is 0 Å². The van der Waals surface area contributed by atoms with Crippen LogP contribution in [0.4, 0.5) is 0 Å². The van der Waals surface area contributed by atoms with Crippen molar-refractivity contribution >= 4 is 5.97 Å². The summed E-state index contributed by atoms with van der Waals surface area (Å²) in [5.74, 6) is -0.948. The molecule has 0 radical (unpaired) electrons. The van der Waals surface area contributed by atoms with Crippen LogP contribution >= 0.6 is 0 Å². The van der Waals surface area contributed by atoms with Crippen molar-refractivity contribution in [3.63, 3.8) is 0 Å². The molecule has 1 N–H and O–H groups in total. The molecule has 0 bridgehead atoms. The molecule has 2 rings (SSSR count). The molecule has 2 aromatic rings. The Bertz CT molecular complexity index is 688. The smallest absolute Gasteiger partial charge is 0.336 e. The maximum absolute atomic E-state index is 11.4. The second-order valence-corrected chi connectivity index (χ2v) is 4.61. The van der Waals surface area contributed by atoms with Crippen LogP contribution in [0, 0.1) is 20.8 Å². The van der Waals surface area contributed by atoms with Crippen LogP contribution in [0.1, 0.15) is 27.3 Å². The van der Waals surface area contributed by atoms with Gasteiger partial charge in [-0.1, -0.05) is 6.07 Å². The molecule has 4 nitrogen and oxygen atoms in total. The molecule has 0 spiro atoms. The van der Waals surface area contributed by atoms with Gasteiger partial charge in [-0.3, -0.25) is 4.79 Å². The molecule has 19 heavy (non-hydrogen) atoms. The van der Waals surface area contributed by atoms with E-state index in [0.717, 1.165) is 17.1 Å². The Morgan fingerprint density at radius 3 is 2.16 bits per heavy atom. The molecule has 0 unspecified atom stereocenters. The van der Waals surface area contributed by atoms with Gasteiger partial charge in [0.1, 0.15) is 0 Å². The number of nitrogens with zero attached hydrogens (tertiary/aromatic N) is 1. The maximum Gasteiger partial charge on any atom is 0.336 e. The van der Waals surface area contributed by atoms with Crippen molar-refractivity contribution in [3.8, 4) is 5.69 Å². The molecule has 0 saturated carbocycles. The number of rotatable bonds is 2. The topological polar surface area (TPSA) is 59.3 Å². The van der Waals surface area contributed by atoms with Gasteiger partial charge in [0.2, 0.25) is 0 Å². The Morgan fingerprint density at radius 1 is 1.05 bits per heavy atom. The van der Waals surface area contributed by atoms with Crippen LogP contribution in [0.15, 0.2) is 35.1 Å². The Labute approximate surface area is 110 Å². The fraction of sp³-hybridized carbons (Fsp3) is 0.200. The molecule has 0 aliphatic carbocycles. The van der Waals surface area contributed by atoms with E-state index >= 15 is 0 Å². The lowest BCUT2D eigenvalue weighted by atomic mass is 10.1.